The third-order valence-corrected chi connectivity index (χ3v) is 4.92. The second-order valence-electron chi connectivity index (χ2n) is 6.79. The maximum atomic E-state index is 5.90. The average molecular weight is 307 g/mol. The van der Waals surface area contributed by atoms with Crippen molar-refractivity contribution in [1.29, 1.82) is 0 Å². The van der Waals surface area contributed by atoms with Crippen LogP contribution in [0.3, 0.4) is 0 Å². The SMILES string of the molecule is C[C@@H]1CN(C[C@@H]2CN(C)CCO2)CCN1Cc1nccn1C. The van der Waals surface area contributed by atoms with Gasteiger partial charge in [-0.15, -0.1) is 0 Å². The first kappa shape index (κ1) is 15.9. The van der Waals surface area contributed by atoms with Gasteiger partial charge in [-0.2, -0.15) is 0 Å². The summed E-state index contributed by atoms with van der Waals surface area (Å²) in [5.74, 6) is 1.15. The van der Waals surface area contributed by atoms with Crippen LogP contribution in [-0.4, -0.2) is 89.3 Å². The van der Waals surface area contributed by atoms with Crippen molar-refractivity contribution in [3.8, 4) is 0 Å². The van der Waals surface area contributed by atoms with Crippen molar-refractivity contribution in [2.75, 3.05) is 52.9 Å². The molecule has 124 valence electrons. The number of likely N-dealkylation sites (N-methyl/N-ethyl adjacent to an activating group) is 1. The maximum absolute atomic E-state index is 5.90. The van der Waals surface area contributed by atoms with Gasteiger partial charge in [-0.1, -0.05) is 0 Å². The van der Waals surface area contributed by atoms with Crippen molar-refractivity contribution in [2.45, 2.75) is 25.6 Å². The second kappa shape index (κ2) is 7.08. The third kappa shape index (κ3) is 3.87. The quantitative estimate of drug-likeness (QED) is 0.797. The molecule has 0 aromatic carbocycles. The van der Waals surface area contributed by atoms with Crippen LogP contribution in [0.5, 0.6) is 0 Å². The summed E-state index contributed by atoms with van der Waals surface area (Å²) in [6.45, 7) is 10.7. The lowest BCUT2D eigenvalue weighted by Crippen LogP contribution is -2.55. The molecule has 1 aromatic heterocycles. The zero-order valence-electron chi connectivity index (χ0n) is 14.1. The maximum Gasteiger partial charge on any atom is 0.122 e. The van der Waals surface area contributed by atoms with E-state index in [1.807, 2.05) is 12.4 Å². The first-order chi connectivity index (χ1) is 10.6. The van der Waals surface area contributed by atoms with E-state index in [-0.39, 0.29) is 0 Å². The molecule has 1 aromatic rings. The number of imidazole rings is 1. The van der Waals surface area contributed by atoms with Gasteiger partial charge in [0.15, 0.2) is 0 Å². The minimum atomic E-state index is 0.368. The summed E-state index contributed by atoms with van der Waals surface area (Å²) < 4.78 is 8.02. The molecular formula is C16H29N5O. The zero-order chi connectivity index (χ0) is 15.5. The third-order valence-electron chi connectivity index (χ3n) is 4.92. The molecule has 2 atom stereocenters. The van der Waals surface area contributed by atoms with Gasteiger partial charge in [-0.3, -0.25) is 9.80 Å². The normalized spacial score (nSPS) is 29.0. The highest BCUT2D eigenvalue weighted by atomic mass is 16.5. The fraction of sp³-hybridized carbons (Fsp3) is 0.812. The lowest BCUT2D eigenvalue weighted by Gasteiger charge is -2.41. The molecule has 0 N–H and O–H groups in total. The van der Waals surface area contributed by atoms with Crippen molar-refractivity contribution < 1.29 is 4.74 Å². The van der Waals surface area contributed by atoms with Crippen molar-refractivity contribution in [2.24, 2.45) is 7.05 Å². The molecule has 0 unspecified atom stereocenters. The summed E-state index contributed by atoms with van der Waals surface area (Å²) in [5, 5.41) is 0. The minimum absolute atomic E-state index is 0.368. The van der Waals surface area contributed by atoms with Crippen molar-refractivity contribution >= 4 is 0 Å². The topological polar surface area (TPSA) is 36.8 Å². The molecule has 0 spiro atoms. The molecule has 2 aliphatic rings. The van der Waals surface area contributed by atoms with E-state index in [0.717, 1.165) is 58.2 Å². The number of rotatable bonds is 4. The summed E-state index contributed by atoms with van der Waals surface area (Å²) in [4.78, 5) is 11.9. The lowest BCUT2D eigenvalue weighted by atomic mass is 10.1. The molecule has 2 fully saturated rings. The van der Waals surface area contributed by atoms with Gasteiger partial charge < -0.3 is 14.2 Å². The van der Waals surface area contributed by atoms with Crippen LogP contribution in [0, 0.1) is 0 Å². The Labute approximate surface area is 133 Å². The van der Waals surface area contributed by atoms with Crippen LogP contribution < -0.4 is 0 Å². The van der Waals surface area contributed by atoms with E-state index in [2.05, 4.69) is 45.3 Å². The number of morpholine rings is 1. The molecule has 0 aliphatic carbocycles. The van der Waals surface area contributed by atoms with Crippen LogP contribution in [0.25, 0.3) is 0 Å². The van der Waals surface area contributed by atoms with E-state index in [0.29, 0.717) is 12.1 Å². The molecule has 6 nitrogen and oxygen atoms in total. The Morgan fingerprint density at radius 1 is 1.23 bits per heavy atom. The smallest absolute Gasteiger partial charge is 0.122 e. The fourth-order valence-electron chi connectivity index (χ4n) is 3.47. The Bertz CT molecular complexity index is 477. The van der Waals surface area contributed by atoms with Gasteiger partial charge >= 0.3 is 0 Å². The van der Waals surface area contributed by atoms with E-state index >= 15 is 0 Å². The van der Waals surface area contributed by atoms with Crippen molar-refractivity contribution in [3.05, 3.63) is 18.2 Å². The summed E-state index contributed by atoms with van der Waals surface area (Å²) in [6, 6.07) is 0.562. The summed E-state index contributed by atoms with van der Waals surface area (Å²) in [7, 11) is 4.25. The van der Waals surface area contributed by atoms with E-state index in [1.54, 1.807) is 0 Å². The number of aryl methyl sites for hydroxylation is 1. The Morgan fingerprint density at radius 3 is 2.77 bits per heavy atom. The van der Waals surface area contributed by atoms with Crippen LogP contribution in [-0.2, 0) is 18.3 Å². The number of nitrogens with zero attached hydrogens (tertiary/aromatic N) is 5. The predicted molar refractivity (Wildman–Crippen MR) is 86.8 cm³/mol. The van der Waals surface area contributed by atoms with Crippen LogP contribution in [0.15, 0.2) is 12.4 Å². The van der Waals surface area contributed by atoms with Gasteiger partial charge in [0.2, 0.25) is 0 Å². The number of hydrogen-bond acceptors (Lipinski definition) is 5. The molecule has 0 radical (unpaired) electrons. The molecule has 0 amide bonds. The zero-order valence-corrected chi connectivity index (χ0v) is 14.1. The lowest BCUT2D eigenvalue weighted by molar-refractivity contribution is -0.0460. The monoisotopic (exact) mass is 307 g/mol. The number of hydrogen-bond donors (Lipinski definition) is 0. The van der Waals surface area contributed by atoms with Gasteiger partial charge in [0.05, 0.1) is 19.3 Å². The Morgan fingerprint density at radius 2 is 2.09 bits per heavy atom. The van der Waals surface area contributed by atoms with Crippen LogP contribution in [0.1, 0.15) is 12.7 Å². The van der Waals surface area contributed by atoms with E-state index in [1.165, 1.54) is 0 Å². The molecular weight excluding hydrogens is 278 g/mol. The highest BCUT2D eigenvalue weighted by Crippen LogP contribution is 2.14. The molecule has 22 heavy (non-hydrogen) atoms. The summed E-state index contributed by atoms with van der Waals surface area (Å²) in [5.41, 5.74) is 0. The minimum Gasteiger partial charge on any atom is -0.374 e. The van der Waals surface area contributed by atoms with Crippen LogP contribution in [0.2, 0.25) is 0 Å². The molecule has 0 saturated carbocycles. The molecule has 2 aliphatic heterocycles. The fourth-order valence-corrected chi connectivity index (χ4v) is 3.47. The van der Waals surface area contributed by atoms with Gasteiger partial charge in [0.1, 0.15) is 5.82 Å². The van der Waals surface area contributed by atoms with Crippen LogP contribution >= 0.6 is 0 Å². The standard InChI is InChI=1S/C16H29N5O/c1-14-10-20(12-15-11-18(2)8-9-22-15)6-7-21(14)13-16-17-4-5-19(16)3/h4-5,14-15H,6-13H2,1-3H3/t14-,15+/m1/s1. The average Bonchev–Trinajstić information content (AvgIpc) is 2.87. The Kier molecular flexibility index (Phi) is 5.13. The second-order valence-corrected chi connectivity index (χ2v) is 6.79. The molecule has 2 saturated heterocycles. The van der Waals surface area contributed by atoms with Crippen LogP contribution in [0.4, 0.5) is 0 Å². The van der Waals surface area contributed by atoms with E-state index in [4.69, 9.17) is 4.74 Å². The van der Waals surface area contributed by atoms with Crippen molar-refractivity contribution in [1.82, 2.24) is 24.3 Å². The van der Waals surface area contributed by atoms with Gasteiger partial charge in [-0.05, 0) is 14.0 Å². The molecule has 3 rings (SSSR count). The van der Waals surface area contributed by atoms with E-state index < -0.39 is 0 Å². The van der Waals surface area contributed by atoms with Gasteiger partial charge in [0.25, 0.3) is 0 Å². The highest BCUT2D eigenvalue weighted by molar-refractivity contribution is 4.93. The Hall–Kier alpha value is -0.950. The number of piperazine rings is 1. The summed E-state index contributed by atoms with van der Waals surface area (Å²) in [6.07, 6.45) is 4.27. The molecule has 0 bridgehead atoms. The number of aromatic nitrogens is 2. The number of ether oxygens (including phenoxy) is 1. The largest absolute Gasteiger partial charge is 0.374 e. The Balaban J connectivity index is 1.48. The highest BCUT2D eigenvalue weighted by Gasteiger charge is 2.27. The first-order valence-corrected chi connectivity index (χ1v) is 8.34. The van der Waals surface area contributed by atoms with Gasteiger partial charge in [0, 0.05) is 64.8 Å². The van der Waals surface area contributed by atoms with Crippen molar-refractivity contribution in [3.63, 3.8) is 0 Å². The predicted octanol–water partition coefficient (Wildman–Crippen LogP) is 0.257. The summed E-state index contributed by atoms with van der Waals surface area (Å²) >= 11 is 0. The first-order valence-electron chi connectivity index (χ1n) is 8.34. The van der Waals surface area contributed by atoms with Gasteiger partial charge in [-0.25, -0.2) is 4.98 Å². The molecule has 6 heteroatoms. The molecule has 3 heterocycles. The van der Waals surface area contributed by atoms with E-state index in [9.17, 15) is 0 Å².